The Balaban J connectivity index is 1.41. The smallest absolute Gasteiger partial charge is 0.187 e. The van der Waals surface area contributed by atoms with Crippen molar-refractivity contribution < 1.29 is 5.11 Å². The van der Waals surface area contributed by atoms with Crippen molar-refractivity contribution in [2.24, 2.45) is 11.0 Å². The first-order valence-electron chi connectivity index (χ1n) is 8.73. The van der Waals surface area contributed by atoms with E-state index < -0.39 is 0 Å². The largest absolute Gasteiger partial charge is 0.507 e. The summed E-state index contributed by atoms with van der Waals surface area (Å²) in [6, 6.07) is 11.9. The third-order valence-corrected chi connectivity index (χ3v) is 5.49. The predicted octanol–water partition coefficient (Wildman–Crippen LogP) is 2.44. The number of rotatable bonds is 3. The minimum Gasteiger partial charge on any atom is -0.507 e. The van der Waals surface area contributed by atoms with Crippen molar-refractivity contribution in [2.75, 3.05) is 19.6 Å². The summed E-state index contributed by atoms with van der Waals surface area (Å²) in [5.41, 5.74) is 3.58. The maximum absolute atomic E-state index is 10.1. The SMILES string of the molecule is Oc1ccc2ccccc2c1/C=N\NC(=S)N[C@H]1CN2CCC1CC2. The van der Waals surface area contributed by atoms with Crippen molar-refractivity contribution in [2.45, 2.75) is 18.9 Å². The number of fused-ring (bicyclic) bond motifs is 4. The van der Waals surface area contributed by atoms with Crippen LogP contribution in [0.5, 0.6) is 5.75 Å². The number of aromatic hydroxyl groups is 1. The molecule has 3 saturated heterocycles. The summed E-state index contributed by atoms with van der Waals surface area (Å²) < 4.78 is 0. The van der Waals surface area contributed by atoms with Gasteiger partial charge in [-0.15, -0.1) is 0 Å². The van der Waals surface area contributed by atoms with Crippen LogP contribution in [0.3, 0.4) is 0 Å². The molecular weight excluding hydrogens is 332 g/mol. The molecule has 3 aliphatic heterocycles. The molecule has 0 saturated carbocycles. The molecule has 0 spiro atoms. The van der Waals surface area contributed by atoms with Crippen LogP contribution in [0.4, 0.5) is 0 Å². The number of nitrogens with one attached hydrogen (secondary N) is 2. The highest BCUT2D eigenvalue weighted by Gasteiger charge is 2.34. The monoisotopic (exact) mass is 354 g/mol. The molecule has 0 aliphatic carbocycles. The van der Waals surface area contributed by atoms with Gasteiger partial charge in [-0.3, -0.25) is 5.43 Å². The first-order chi connectivity index (χ1) is 12.2. The minimum absolute atomic E-state index is 0.209. The number of benzene rings is 2. The van der Waals surface area contributed by atoms with Gasteiger partial charge in [0.25, 0.3) is 0 Å². The van der Waals surface area contributed by atoms with Crippen molar-refractivity contribution in [3.8, 4) is 5.75 Å². The van der Waals surface area contributed by atoms with Crippen molar-refractivity contribution in [3.05, 3.63) is 42.0 Å². The fraction of sp³-hybridized carbons (Fsp3) is 0.368. The second kappa shape index (κ2) is 6.98. The molecule has 2 bridgehead atoms. The van der Waals surface area contributed by atoms with Crippen LogP contribution >= 0.6 is 12.2 Å². The van der Waals surface area contributed by atoms with E-state index in [4.69, 9.17) is 12.2 Å². The van der Waals surface area contributed by atoms with E-state index in [1.807, 2.05) is 30.3 Å². The highest BCUT2D eigenvalue weighted by atomic mass is 32.1. The summed E-state index contributed by atoms with van der Waals surface area (Å²) in [5, 5.41) is 20.3. The highest BCUT2D eigenvalue weighted by molar-refractivity contribution is 7.80. The highest BCUT2D eigenvalue weighted by Crippen LogP contribution is 2.27. The first kappa shape index (κ1) is 16.3. The van der Waals surface area contributed by atoms with Gasteiger partial charge in [-0.1, -0.05) is 30.3 Å². The maximum atomic E-state index is 10.1. The Hall–Kier alpha value is -2.18. The predicted molar refractivity (Wildman–Crippen MR) is 105 cm³/mol. The summed E-state index contributed by atoms with van der Waals surface area (Å²) in [7, 11) is 0. The molecular formula is C19H22N4OS. The van der Waals surface area contributed by atoms with Crippen LogP contribution in [0, 0.1) is 5.92 Å². The Morgan fingerprint density at radius 1 is 1.20 bits per heavy atom. The molecule has 2 aromatic carbocycles. The minimum atomic E-state index is 0.209. The molecule has 6 heteroatoms. The number of phenols is 1. The van der Waals surface area contributed by atoms with Gasteiger partial charge >= 0.3 is 0 Å². The van der Waals surface area contributed by atoms with E-state index in [-0.39, 0.29) is 5.75 Å². The Kier molecular flexibility index (Phi) is 4.55. The lowest BCUT2D eigenvalue weighted by atomic mass is 9.84. The van der Waals surface area contributed by atoms with Crippen molar-refractivity contribution in [1.29, 1.82) is 0 Å². The summed E-state index contributed by atoms with van der Waals surface area (Å²) in [4.78, 5) is 2.48. The van der Waals surface area contributed by atoms with Crippen LogP contribution in [0.25, 0.3) is 10.8 Å². The Morgan fingerprint density at radius 2 is 2.00 bits per heavy atom. The van der Waals surface area contributed by atoms with Crippen LogP contribution < -0.4 is 10.7 Å². The molecule has 3 heterocycles. The van der Waals surface area contributed by atoms with Gasteiger partial charge in [0.2, 0.25) is 0 Å². The zero-order valence-corrected chi connectivity index (χ0v) is 14.8. The maximum Gasteiger partial charge on any atom is 0.187 e. The van der Waals surface area contributed by atoms with Crippen LogP contribution in [0.1, 0.15) is 18.4 Å². The van der Waals surface area contributed by atoms with E-state index in [1.54, 1.807) is 12.3 Å². The second-order valence-corrected chi connectivity index (χ2v) is 7.22. The fourth-order valence-corrected chi connectivity index (χ4v) is 4.11. The molecule has 5 rings (SSSR count). The molecule has 3 aliphatic rings. The van der Waals surface area contributed by atoms with E-state index in [9.17, 15) is 5.11 Å². The van der Waals surface area contributed by atoms with Gasteiger partial charge in [-0.05, 0) is 60.9 Å². The van der Waals surface area contributed by atoms with E-state index in [1.165, 1.54) is 25.9 Å². The Morgan fingerprint density at radius 3 is 2.76 bits per heavy atom. The molecule has 2 aromatic rings. The molecule has 0 radical (unpaired) electrons. The number of hydrogen-bond donors (Lipinski definition) is 3. The summed E-state index contributed by atoms with van der Waals surface area (Å²) in [6.07, 6.45) is 4.11. The first-order valence-corrected chi connectivity index (χ1v) is 9.14. The molecule has 3 fully saturated rings. The fourth-order valence-electron chi connectivity index (χ4n) is 3.90. The van der Waals surface area contributed by atoms with Crippen LogP contribution in [0.2, 0.25) is 0 Å². The average molecular weight is 354 g/mol. The van der Waals surface area contributed by atoms with E-state index in [0.717, 1.165) is 17.3 Å². The van der Waals surface area contributed by atoms with Crippen LogP contribution in [0.15, 0.2) is 41.5 Å². The Labute approximate surface area is 152 Å². The number of thiocarbonyl (C=S) groups is 1. The zero-order valence-electron chi connectivity index (χ0n) is 14.0. The number of piperidine rings is 3. The van der Waals surface area contributed by atoms with Gasteiger partial charge in [0.15, 0.2) is 5.11 Å². The van der Waals surface area contributed by atoms with E-state index in [0.29, 0.717) is 22.6 Å². The number of hydrogen-bond acceptors (Lipinski definition) is 4. The van der Waals surface area contributed by atoms with Crippen LogP contribution in [-0.2, 0) is 0 Å². The molecule has 0 unspecified atom stereocenters. The lowest BCUT2D eigenvalue weighted by molar-refractivity contribution is 0.0812. The molecule has 0 aromatic heterocycles. The van der Waals surface area contributed by atoms with Gasteiger partial charge in [0.05, 0.1) is 6.21 Å². The quantitative estimate of drug-likeness (QED) is 0.449. The van der Waals surface area contributed by atoms with Gasteiger partial charge in [0.1, 0.15) is 5.75 Å². The standard InChI is InChI=1S/C19H22N4OS/c24-18-6-5-13-3-1-2-4-15(13)16(18)11-20-22-19(25)21-17-12-23-9-7-14(17)8-10-23/h1-6,11,14,17,24H,7-10,12H2,(H2,21,22,25)/b20-11-/t17-/m0/s1. The summed E-state index contributed by atoms with van der Waals surface area (Å²) >= 11 is 5.38. The average Bonchev–Trinajstić information content (AvgIpc) is 2.64. The van der Waals surface area contributed by atoms with E-state index >= 15 is 0 Å². The van der Waals surface area contributed by atoms with Crippen molar-refractivity contribution >= 4 is 34.3 Å². The second-order valence-electron chi connectivity index (χ2n) is 6.81. The number of phenolic OH excluding ortho intramolecular Hbond substituents is 1. The molecule has 0 amide bonds. The topological polar surface area (TPSA) is 59.9 Å². The number of hydrazone groups is 1. The van der Waals surface area contributed by atoms with E-state index in [2.05, 4.69) is 20.7 Å². The number of nitrogens with zero attached hydrogens (tertiary/aromatic N) is 2. The third-order valence-electron chi connectivity index (χ3n) is 5.28. The normalized spacial score (nSPS) is 25.4. The molecule has 3 N–H and O–H groups in total. The Bertz CT molecular complexity index is 814. The third kappa shape index (κ3) is 3.45. The zero-order chi connectivity index (χ0) is 17.2. The molecule has 25 heavy (non-hydrogen) atoms. The summed E-state index contributed by atoms with van der Waals surface area (Å²) in [5.74, 6) is 0.913. The van der Waals surface area contributed by atoms with Crippen LogP contribution in [-0.4, -0.2) is 47.0 Å². The van der Waals surface area contributed by atoms with Gasteiger partial charge in [-0.2, -0.15) is 5.10 Å². The molecule has 5 nitrogen and oxygen atoms in total. The molecule has 130 valence electrons. The van der Waals surface area contributed by atoms with Crippen molar-refractivity contribution in [1.82, 2.24) is 15.6 Å². The summed E-state index contributed by atoms with van der Waals surface area (Å²) in [6.45, 7) is 3.48. The van der Waals surface area contributed by atoms with Crippen molar-refractivity contribution in [3.63, 3.8) is 0 Å². The lowest BCUT2D eigenvalue weighted by Gasteiger charge is -2.45. The molecule has 1 atom stereocenters. The van der Waals surface area contributed by atoms with Gasteiger partial charge in [0, 0.05) is 18.2 Å². The van der Waals surface area contributed by atoms with Gasteiger partial charge < -0.3 is 15.3 Å². The lowest BCUT2D eigenvalue weighted by Crippen LogP contribution is -2.58. The van der Waals surface area contributed by atoms with Gasteiger partial charge in [-0.25, -0.2) is 0 Å².